The maximum atomic E-state index is 12.1. The Kier molecular flexibility index (Phi) is 4.19. The van der Waals surface area contributed by atoms with Crippen LogP contribution in [0.15, 0.2) is 52.4 Å². The van der Waals surface area contributed by atoms with E-state index in [1.54, 1.807) is 24.3 Å². The highest BCUT2D eigenvalue weighted by Gasteiger charge is 2.24. The molecule has 26 heavy (non-hydrogen) atoms. The standard InChI is InChI=1S/C16H9N5O3S2/c22-15-14(8-9-5-6-10-12(7-9)20-26-19-10)25-16(18-15)17-11-3-1-2-4-13(11)21(23)24/h1-8H,(H,17,18,22). The average Bonchev–Trinajstić information content (AvgIpc) is 3.21. The molecule has 0 spiro atoms. The topological polar surface area (TPSA) is 110 Å². The normalized spacial score (nSPS) is 15.5. The van der Waals surface area contributed by atoms with Crippen LogP contribution in [0.3, 0.4) is 0 Å². The van der Waals surface area contributed by atoms with Crippen LogP contribution in [0.4, 0.5) is 11.4 Å². The van der Waals surface area contributed by atoms with Crippen molar-refractivity contribution in [3.63, 3.8) is 0 Å². The summed E-state index contributed by atoms with van der Waals surface area (Å²) in [5, 5.41) is 14.2. The molecule has 0 saturated heterocycles. The third-order valence-electron chi connectivity index (χ3n) is 3.54. The molecule has 2 heterocycles. The molecular formula is C16H9N5O3S2. The molecule has 4 rings (SSSR count). The molecule has 0 bridgehead atoms. The number of carbonyl (C=O) groups excluding carboxylic acids is 1. The van der Waals surface area contributed by atoms with Crippen molar-refractivity contribution < 1.29 is 9.72 Å². The van der Waals surface area contributed by atoms with Gasteiger partial charge in [-0.3, -0.25) is 14.9 Å². The van der Waals surface area contributed by atoms with Gasteiger partial charge in [-0.15, -0.1) is 0 Å². The predicted molar refractivity (Wildman–Crippen MR) is 102 cm³/mol. The number of anilines is 1. The van der Waals surface area contributed by atoms with E-state index in [0.29, 0.717) is 10.1 Å². The van der Waals surface area contributed by atoms with Gasteiger partial charge in [-0.25, -0.2) is 0 Å². The number of nitrogens with zero attached hydrogens (tertiary/aromatic N) is 4. The zero-order valence-electron chi connectivity index (χ0n) is 12.9. The van der Waals surface area contributed by atoms with E-state index in [2.05, 4.69) is 19.1 Å². The van der Waals surface area contributed by atoms with Crippen molar-refractivity contribution in [3.05, 3.63) is 63.0 Å². The Hall–Kier alpha value is -3.11. The molecule has 0 atom stereocenters. The number of carbonyl (C=O) groups is 1. The van der Waals surface area contributed by atoms with Crippen LogP contribution in [-0.4, -0.2) is 24.7 Å². The molecule has 8 nitrogen and oxygen atoms in total. The lowest BCUT2D eigenvalue weighted by atomic mass is 10.2. The summed E-state index contributed by atoms with van der Waals surface area (Å²) in [4.78, 5) is 27.1. The van der Waals surface area contributed by atoms with Crippen LogP contribution in [0.1, 0.15) is 5.56 Å². The van der Waals surface area contributed by atoms with Crippen LogP contribution >= 0.6 is 23.5 Å². The minimum absolute atomic E-state index is 0.0813. The maximum absolute atomic E-state index is 12.1. The van der Waals surface area contributed by atoms with E-state index in [4.69, 9.17) is 0 Å². The first-order chi connectivity index (χ1) is 12.6. The zero-order chi connectivity index (χ0) is 18.1. The fourth-order valence-corrected chi connectivity index (χ4v) is 3.70. The van der Waals surface area contributed by atoms with E-state index in [-0.39, 0.29) is 11.4 Å². The molecule has 0 fully saturated rings. The second-order valence-corrected chi connectivity index (χ2v) is 6.80. The number of aliphatic imine (C=N–C) groups is 1. The quantitative estimate of drug-likeness (QED) is 0.417. The molecule has 1 aliphatic heterocycles. The van der Waals surface area contributed by atoms with Crippen molar-refractivity contribution >= 4 is 63.0 Å². The number of para-hydroxylation sites is 2. The molecule has 1 N–H and O–H groups in total. The number of nitro benzene ring substituents is 1. The monoisotopic (exact) mass is 383 g/mol. The third-order valence-corrected chi connectivity index (χ3v) is 4.99. The smallest absolute Gasteiger partial charge is 0.292 e. The second-order valence-electron chi connectivity index (χ2n) is 5.24. The molecule has 128 valence electrons. The number of hydrogen-bond donors (Lipinski definition) is 1. The maximum Gasteiger partial charge on any atom is 0.292 e. The van der Waals surface area contributed by atoms with E-state index in [0.717, 1.165) is 40.1 Å². The van der Waals surface area contributed by atoms with Crippen molar-refractivity contribution in [2.24, 2.45) is 4.99 Å². The van der Waals surface area contributed by atoms with Gasteiger partial charge in [-0.1, -0.05) is 18.2 Å². The Morgan fingerprint density at radius 3 is 2.77 bits per heavy atom. The van der Waals surface area contributed by atoms with Crippen LogP contribution in [0.2, 0.25) is 0 Å². The first-order valence-corrected chi connectivity index (χ1v) is 8.90. The van der Waals surface area contributed by atoms with E-state index in [9.17, 15) is 14.9 Å². The number of hydrogen-bond acceptors (Lipinski definition) is 8. The van der Waals surface area contributed by atoms with Gasteiger partial charge in [0.1, 0.15) is 16.7 Å². The van der Waals surface area contributed by atoms with Gasteiger partial charge in [0.25, 0.3) is 11.6 Å². The van der Waals surface area contributed by atoms with Crippen molar-refractivity contribution in [2.45, 2.75) is 0 Å². The number of nitrogens with one attached hydrogen (secondary N) is 1. The number of aromatic nitrogens is 2. The number of amides is 1. The summed E-state index contributed by atoms with van der Waals surface area (Å²) in [6.07, 6.45) is 1.71. The number of fused-ring (bicyclic) bond motifs is 1. The fraction of sp³-hybridized carbons (Fsp3) is 0. The summed E-state index contributed by atoms with van der Waals surface area (Å²) >= 11 is 2.26. The number of amidine groups is 1. The molecule has 1 aliphatic rings. The highest BCUT2D eigenvalue weighted by atomic mass is 32.2. The van der Waals surface area contributed by atoms with Crippen LogP contribution in [-0.2, 0) is 4.79 Å². The lowest BCUT2D eigenvalue weighted by molar-refractivity contribution is -0.383. The van der Waals surface area contributed by atoms with Gasteiger partial charge in [-0.05, 0) is 41.6 Å². The van der Waals surface area contributed by atoms with Gasteiger partial charge in [0.2, 0.25) is 0 Å². The lowest BCUT2D eigenvalue weighted by Gasteiger charge is -2.04. The summed E-state index contributed by atoms with van der Waals surface area (Å²) in [7, 11) is 0. The van der Waals surface area contributed by atoms with Crippen molar-refractivity contribution in [2.75, 3.05) is 5.32 Å². The van der Waals surface area contributed by atoms with Crippen LogP contribution in [0, 0.1) is 10.1 Å². The van der Waals surface area contributed by atoms with Gasteiger partial charge >= 0.3 is 0 Å². The minimum atomic E-state index is -0.488. The summed E-state index contributed by atoms with van der Waals surface area (Å²) in [5.41, 5.74) is 2.58. The Labute approximate surface area is 155 Å². The summed E-state index contributed by atoms with van der Waals surface area (Å²) < 4.78 is 8.31. The lowest BCUT2D eigenvalue weighted by Crippen LogP contribution is -2.07. The third kappa shape index (κ3) is 3.19. The molecule has 2 aromatic carbocycles. The molecule has 0 saturated carbocycles. The SMILES string of the molecule is O=C1N=C(Nc2ccccc2[N+](=O)[O-])SC1=Cc1ccc2nsnc2c1. The van der Waals surface area contributed by atoms with Crippen LogP contribution < -0.4 is 5.32 Å². The van der Waals surface area contributed by atoms with E-state index in [1.807, 2.05) is 18.2 Å². The number of rotatable bonds is 3. The van der Waals surface area contributed by atoms with Gasteiger partial charge in [-0.2, -0.15) is 13.7 Å². The molecule has 0 aliphatic carbocycles. The van der Waals surface area contributed by atoms with Crippen LogP contribution in [0.5, 0.6) is 0 Å². The van der Waals surface area contributed by atoms with E-state index in [1.165, 1.54) is 6.07 Å². The molecule has 0 radical (unpaired) electrons. The highest BCUT2D eigenvalue weighted by molar-refractivity contribution is 8.18. The largest absolute Gasteiger partial charge is 0.329 e. The minimum Gasteiger partial charge on any atom is -0.329 e. The van der Waals surface area contributed by atoms with Gasteiger partial charge in [0.15, 0.2) is 5.17 Å². The molecular weight excluding hydrogens is 374 g/mol. The Morgan fingerprint density at radius 1 is 1.12 bits per heavy atom. The van der Waals surface area contributed by atoms with E-state index >= 15 is 0 Å². The van der Waals surface area contributed by atoms with Crippen molar-refractivity contribution in [1.82, 2.24) is 8.75 Å². The Morgan fingerprint density at radius 2 is 1.92 bits per heavy atom. The van der Waals surface area contributed by atoms with Crippen molar-refractivity contribution in [1.29, 1.82) is 0 Å². The molecule has 3 aromatic rings. The van der Waals surface area contributed by atoms with Gasteiger partial charge in [0.05, 0.1) is 21.6 Å². The average molecular weight is 383 g/mol. The Bertz CT molecular complexity index is 1110. The second kappa shape index (κ2) is 6.65. The molecule has 1 amide bonds. The molecule has 0 unspecified atom stereocenters. The van der Waals surface area contributed by atoms with Gasteiger partial charge < -0.3 is 5.32 Å². The first kappa shape index (κ1) is 16.4. The molecule has 1 aromatic heterocycles. The molecule has 10 heteroatoms. The summed E-state index contributed by atoms with van der Waals surface area (Å²) in [6, 6.07) is 11.7. The fourth-order valence-electron chi connectivity index (χ4n) is 2.36. The first-order valence-electron chi connectivity index (χ1n) is 7.35. The number of thioether (sulfide) groups is 1. The zero-order valence-corrected chi connectivity index (χ0v) is 14.6. The van der Waals surface area contributed by atoms with Crippen LogP contribution in [0.25, 0.3) is 17.1 Å². The van der Waals surface area contributed by atoms with E-state index < -0.39 is 10.8 Å². The predicted octanol–water partition coefficient (Wildman–Crippen LogP) is 3.68. The Balaban J connectivity index is 1.56. The van der Waals surface area contributed by atoms with Crippen molar-refractivity contribution in [3.8, 4) is 0 Å². The van der Waals surface area contributed by atoms with Gasteiger partial charge in [0, 0.05) is 6.07 Å². The summed E-state index contributed by atoms with van der Waals surface area (Å²) in [5.74, 6) is -0.396. The number of nitro groups is 1. The number of benzene rings is 2. The summed E-state index contributed by atoms with van der Waals surface area (Å²) in [6.45, 7) is 0. The highest BCUT2D eigenvalue weighted by Crippen LogP contribution is 2.32.